The molecule has 3 rings (SSSR count). The van der Waals surface area contributed by atoms with E-state index >= 15 is 0 Å². The van der Waals surface area contributed by atoms with Gasteiger partial charge in [-0.3, -0.25) is 0 Å². The number of nitrogens with zero attached hydrogens (tertiary/aromatic N) is 5. The van der Waals surface area contributed by atoms with Crippen molar-refractivity contribution in [3.05, 3.63) is 42.6 Å². The van der Waals surface area contributed by atoms with Gasteiger partial charge < -0.3 is 20.4 Å². The van der Waals surface area contributed by atoms with Crippen LogP contribution in [0.25, 0.3) is 0 Å². The van der Waals surface area contributed by atoms with E-state index in [1.54, 1.807) is 0 Å². The van der Waals surface area contributed by atoms with Crippen molar-refractivity contribution in [3.8, 4) is 6.07 Å². The van der Waals surface area contributed by atoms with Gasteiger partial charge in [-0.2, -0.15) is 10.2 Å². The van der Waals surface area contributed by atoms with E-state index in [0.717, 1.165) is 51.1 Å². The minimum absolute atomic E-state index is 0.428. The quantitative estimate of drug-likeness (QED) is 0.626. The molecule has 1 fully saturated rings. The fourth-order valence-corrected chi connectivity index (χ4v) is 3.89. The van der Waals surface area contributed by atoms with Crippen LogP contribution in [0.5, 0.6) is 0 Å². The van der Waals surface area contributed by atoms with Crippen molar-refractivity contribution in [1.29, 1.82) is 5.26 Å². The van der Waals surface area contributed by atoms with Gasteiger partial charge in [0.2, 0.25) is 5.95 Å². The SMILES string of the molecule is CN(C)c1ccnc(NC2CCC(NCCN(CCC#N)c3ccccc3)CC2)n1. The van der Waals surface area contributed by atoms with E-state index in [4.69, 9.17) is 5.26 Å². The topological polar surface area (TPSA) is 80.1 Å². The molecule has 160 valence electrons. The van der Waals surface area contributed by atoms with Gasteiger partial charge in [0.05, 0.1) is 12.5 Å². The molecule has 1 aromatic heterocycles. The van der Waals surface area contributed by atoms with Gasteiger partial charge in [-0.05, 0) is 43.9 Å². The Morgan fingerprint density at radius 1 is 1.03 bits per heavy atom. The normalized spacial score (nSPS) is 18.4. The average Bonchev–Trinajstić information content (AvgIpc) is 2.78. The summed E-state index contributed by atoms with van der Waals surface area (Å²) in [6, 6.07) is 15.5. The molecule has 0 spiro atoms. The van der Waals surface area contributed by atoms with Crippen LogP contribution in [0.3, 0.4) is 0 Å². The number of rotatable bonds is 10. The van der Waals surface area contributed by atoms with Crippen molar-refractivity contribution in [1.82, 2.24) is 15.3 Å². The first-order valence-electron chi connectivity index (χ1n) is 10.8. The summed E-state index contributed by atoms with van der Waals surface area (Å²) in [5.41, 5.74) is 1.18. The molecule has 0 radical (unpaired) electrons. The Morgan fingerprint density at radius 3 is 2.47 bits per heavy atom. The van der Waals surface area contributed by atoms with Crippen molar-refractivity contribution in [3.63, 3.8) is 0 Å². The minimum atomic E-state index is 0.428. The molecule has 7 heteroatoms. The Hall–Kier alpha value is -2.85. The zero-order valence-electron chi connectivity index (χ0n) is 18.1. The summed E-state index contributed by atoms with van der Waals surface area (Å²) in [5.74, 6) is 1.64. The Bertz CT molecular complexity index is 795. The van der Waals surface area contributed by atoms with Crippen LogP contribution >= 0.6 is 0 Å². The number of nitriles is 1. The maximum atomic E-state index is 8.95. The van der Waals surface area contributed by atoms with E-state index in [0.29, 0.717) is 24.5 Å². The van der Waals surface area contributed by atoms with Crippen molar-refractivity contribution in [2.75, 3.05) is 48.8 Å². The fourth-order valence-electron chi connectivity index (χ4n) is 3.89. The summed E-state index contributed by atoms with van der Waals surface area (Å²) in [7, 11) is 3.98. The van der Waals surface area contributed by atoms with Crippen LogP contribution in [0, 0.1) is 11.3 Å². The second-order valence-corrected chi connectivity index (χ2v) is 8.01. The highest BCUT2D eigenvalue weighted by Gasteiger charge is 2.21. The second-order valence-electron chi connectivity index (χ2n) is 8.01. The van der Waals surface area contributed by atoms with Crippen LogP contribution in [0.4, 0.5) is 17.5 Å². The zero-order chi connectivity index (χ0) is 21.2. The lowest BCUT2D eigenvalue weighted by atomic mass is 9.91. The molecule has 0 aliphatic heterocycles. The molecule has 1 aliphatic rings. The Kier molecular flexibility index (Phi) is 8.28. The molecule has 2 N–H and O–H groups in total. The fraction of sp³-hybridized carbons (Fsp3) is 0.522. The van der Waals surface area contributed by atoms with Gasteiger partial charge in [-0.15, -0.1) is 0 Å². The van der Waals surface area contributed by atoms with Crippen molar-refractivity contribution >= 4 is 17.5 Å². The summed E-state index contributed by atoms with van der Waals surface area (Å²) in [6.07, 6.45) is 6.88. The third-order valence-electron chi connectivity index (χ3n) is 5.59. The van der Waals surface area contributed by atoms with Gasteiger partial charge >= 0.3 is 0 Å². The molecule has 0 bridgehead atoms. The van der Waals surface area contributed by atoms with Gasteiger partial charge in [0.15, 0.2) is 0 Å². The zero-order valence-corrected chi connectivity index (χ0v) is 18.1. The molecule has 0 atom stereocenters. The molecule has 1 aliphatic carbocycles. The third kappa shape index (κ3) is 6.60. The molecule has 0 amide bonds. The number of benzene rings is 1. The first-order valence-corrected chi connectivity index (χ1v) is 10.8. The standard InChI is InChI=1S/C23H33N7/c1-29(2)22-13-15-26-23(28-22)27-20-11-9-19(10-12-20)25-16-18-30(17-6-14-24)21-7-4-3-5-8-21/h3-5,7-8,13,15,19-20,25H,6,9-12,16-18H2,1-2H3,(H,26,27,28). The van der Waals surface area contributed by atoms with E-state index in [2.05, 4.69) is 43.7 Å². The van der Waals surface area contributed by atoms with Gasteiger partial charge in [0, 0.05) is 57.7 Å². The van der Waals surface area contributed by atoms with Gasteiger partial charge in [0.25, 0.3) is 0 Å². The molecule has 0 saturated heterocycles. The van der Waals surface area contributed by atoms with Gasteiger partial charge in [0.1, 0.15) is 5.82 Å². The summed E-state index contributed by atoms with van der Waals surface area (Å²) in [6.45, 7) is 2.61. The number of hydrogen-bond acceptors (Lipinski definition) is 7. The van der Waals surface area contributed by atoms with E-state index < -0.39 is 0 Å². The highest BCUT2D eigenvalue weighted by molar-refractivity contribution is 5.46. The summed E-state index contributed by atoms with van der Waals surface area (Å²) in [4.78, 5) is 13.2. The Morgan fingerprint density at radius 2 is 1.77 bits per heavy atom. The molecule has 0 unspecified atom stereocenters. The lowest BCUT2D eigenvalue weighted by molar-refractivity contribution is 0.355. The maximum absolute atomic E-state index is 8.95. The predicted molar refractivity (Wildman–Crippen MR) is 123 cm³/mol. The number of para-hydroxylation sites is 1. The van der Waals surface area contributed by atoms with Gasteiger partial charge in [-0.25, -0.2) is 4.98 Å². The molecular weight excluding hydrogens is 374 g/mol. The third-order valence-corrected chi connectivity index (χ3v) is 5.59. The monoisotopic (exact) mass is 407 g/mol. The molecule has 1 aromatic carbocycles. The van der Waals surface area contributed by atoms with Crippen LogP contribution in [-0.4, -0.2) is 55.8 Å². The van der Waals surface area contributed by atoms with Crippen LogP contribution in [0.15, 0.2) is 42.6 Å². The molecule has 7 nitrogen and oxygen atoms in total. The van der Waals surface area contributed by atoms with Crippen LogP contribution in [0.2, 0.25) is 0 Å². The van der Waals surface area contributed by atoms with E-state index in [-0.39, 0.29) is 0 Å². The average molecular weight is 408 g/mol. The molecular formula is C23H33N7. The van der Waals surface area contributed by atoms with E-state index in [9.17, 15) is 0 Å². The number of hydrogen-bond donors (Lipinski definition) is 2. The summed E-state index contributed by atoms with van der Waals surface area (Å²) < 4.78 is 0. The number of anilines is 3. The van der Waals surface area contributed by atoms with Gasteiger partial charge in [-0.1, -0.05) is 18.2 Å². The number of aromatic nitrogens is 2. The minimum Gasteiger partial charge on any atom is -0.369 e. The second kappa shape index (κ2) is 11.4. The van der Waals surface area contributed by atoms with Crippen LogP contribution in [0.1, 0.15) is 32.1 Å². The van der Waals surface area contributed by atoms with Crippen molar-refractivity contribution < 1.29 is 0 Å². The molecule has 2 aromatic rings. The Balaban J connectivity index is 1.41. The Labute approximate surface area is 180 Å². The predicted octanol–water partition coefficient (Wildman–Crippen LogP) is 3.28. The van der Waals surface area contributed by atoms with Crippen LogP contribution < -0.4 is 20.4 Å². The molecule has 30 heavy (non-hydrogen) atoms. The number of nitrogens with one attached hydrogen (secondary N) is 2. The van der Waals surface area contributed by atoms with E-state index in [1.165, 1.54) is 5.69 Å². The molecule has 1 heterocycles. The van der Waals surface area contributed by atoms with Crippen LogP contribution in [-0.2, 0) is 0 Å². The highest BCUT2D eigenvalue weighted by Crippen LogP contribution is 2.22. The smallest absolute Gasteiger partial charge is 0.224 e. The highest BCUT2D eigenvalue weighted by atomic mass is 15.2. The largest absolute Gasteiger partial charge is 0.369 e. The van der Waals surface area contributed by atoms with E-state index in [1.807, 2.05) is 49.5 Å². The first kappa shape index (κ1) is 21.8. The van der Waals surface area contributed by atoms with Crippen molar-refractivity contribution in [2.24, 2.45) is 0 Å². The lowest BCUT2D eigenvalue weighted by Gasteiger charge is -2.31. The lowest BCUT2D eigenvalue weighted by Crippen LogP contribution is -2.41. The maximum Gasteiger partial charge on any atom is 0.224 e. The summed E-state index contributed by atoms with van der Waals surface area (Å²) in [5, 5.41) is 16.2. The summed E-state index contributed by atoms with van der Waals surface area (Å²) >= 11 is 0. The van der Waals surface area contributed by atoms with Crippen molar-refractivity contribution in [2.45, 2.75) is 44.2 Å². The molecule has 1 saturated carbocycles. The first-order chi connectivity index (χ1) is 14.7.